The lowest BCUT2D eigenvalue weighted by Gasteiger charge is -2.10. The first-order chi connectivity index (χ1) is 15.7. The second kappa shape index (κ2) is 8.81. The molecule has 33 heavy (non-hydrogen) atoms. The van der Waals surface area contributed by atoms with Crippen molar-refractivity contribution in [3.05, 3.63) is 71.9 Å². The summed E-state index contributed by atoms with van der Waals surface area (Å²) in [6.07, 6.45) is -3.05. The number of rotatable bonds is 6. The van der Waals surface area contributed by atoms with Crippen LogP contribution in [-0.2, 0) is 11.3 Å². The molecular weight excluding hydrogens is 437 g/mol. The highest BCUT2D eigenvalue weighted by molar-refractivity contribution is 5.91. The fraction of sp³-hybridized carbons (Fsp3) is 0.174. The second-order valence-corrected chi connectivity index (χ2v) is 7.38. The van der Waals surface area contributed by atoms with Crippen LogP contribution in [0.2, 0.25) is 0 Å². The Balaban J connectivity index is 1.47. The summed E-state index contributed by atoms with van der Waals surface area (Å²) in [7, 11) is 0. The Kier molecular flexibility index (Phi) is 5.91. The van der Waals surface area contributed by atoms with Crippen LogP contribution < -0.4 is 10.1 Å². The van der Waals surface area contributed by atoms with Gasteiger partial charge in [-0.25, -0.2) is 0 Å². The fourth-order valence-corrected chi connectivity index (χ4v) is 3.29. The van der Waals surface area contributed by atoms with Crippen LogP contribution in [0.15, 0.2) is 65.3 Å². The SMILES string of the molecule is Cc1ccc(NC(=O)Cn2cccc2-c2nc(-c3ccc(OC(F)(F)F)cc3)no2)c(C)c1. The molecule has 170 valence electrons. The maximum Gasteiger partial charge on any atom is 0.573 e. The summed E-state index contributed by atoms with van der Waals surface area (Å²) in [5.41, 5.74) is 3.78. The Morgan fingerprint density at radius 1 is 1.12 bits per heavy atom. The summed E-state index contributed by atoms with van der Waals surface area (Å²) >= 11 is 0. The molecule has 0 atom stereocenters. The van der Waals surface area contributed by atoms with Crippen LogP contribution in [0.25, 0.3) is 23.0 Å². The first-order valence-electron chi connectivity index (χ1n) is 9.90. The highest BCUT2D eigenvalue weighted by atomic mass is 19.4. The first kappa shape index (κ1) is 22.1. The minimum absolute atomic E-state index is 0.0246. The molecule has 0 saturated carbocycles. The maximum absolute atomic E-state index is 12.6. The Bertz CT molecular complexity index is 1280. The molecule has 0 radical (unpaired) electrons. The van der Waals surface area contributed by atoms with Crippen molar-refractivity contribution in [2.24, 2.45) is 0 Å². The molecule has 2 aromatic carbocycles. The average molecular weight is 456 g/mol. The van der Waals surface area contributed by atoms with Crippen molar-refractivity contribution in [1.82, 2.24) is 14.7 Å². The Morgan fingerprint density at radius 2 is 1.88 bits per heavy atom. The molecule has 1 N–H and O–H groups in total. The molecule has 2 heterocycles. The lowest BCUT2D eigenvalue weighted by atomic mass is 10.1. The standard InChI is InChI=1S/C23H19F3N4O3/c1-14-5-10-18(15(2)12-14)27-20(31)13-30-11-3-4-19(30)22-28-21(29-33-22)16-6-8-17(9-7-16)32-23(24,25)26/h3-12H,13H2,1-2H3,(H,27,31). The molecule has 0 fully saturated rings. The monoisotopic (exact) mass is 456 g/mol. The fourth-order valence-electron chi connectivity index (χ4n) is 3.29. The number of hydrogen-bond donors (Lipinski definition) is 1. The van der Waals surface area contributed by atoms with Crippen LogP contribution in [0.5, 0.6) is 5.75 Å². The number of anilines is 1. The van der Waals surface area contributed by atoms with Gasteiger partial charge in [0.1, 0.15) is 18.0 Å². The quantitative estimate of drug-likeness (QED) is 0.422. The number of aryl methyl sites for hydroxylation is 2. The van der Waals surface area contributed by atoms with Gasteiger partial charge in [-0.2, -0.15) is 4.98 Å². The van der Waals surface area contributed by atoms with E-state index in [9.17, 15) is 18.0 Å². The van der Waals surface area contributed by atoms with Crippen LogP contribution in [0.3, 0.4) is 0 Å². The van der Waals surface area contributed by atoms with Gasteiger partial charge < -0.3 is 19.1 Å². The number of benzene rings is 2. The van der Waals surface area contributed by atoms with Crippen LogP contribution >= 0.6 is 0 Å². The molecular formula is C23H19F3N4O3. The van der Waals surface area contributed by atoms with Gasteiger partial charge in [0.15, 0.2) is 0 Å². The van der Waals surface area contributed by atoms with Crippen molar-refractivity contribution in [2.45, 2.75) is 26.8 Å². The predicted octanol–water partition coefficient (Wildman–Crippen LogP) is 5.36. The average Bonchev–Trinajstić information content (AvgIpc) is 3.39. The third-order valence-corrected chi connectivity index (χ3v) is 4.79. The number of carbonyl (C=O) groups is 1. The summed E-state index contributed by atoms with van der Waals surface area (Å²) in [6.45, 7) is 3.93. The van der Waals surface area contributed by atoms with Gasteiger partial charge in [0.2, 0.25) is 11.7 Å². The highest BCUT2D eigenvalue weighted by Gasteiger charge is 2.31. The molecule has 4 aromatic rings. The van der Waals surface area contributed by atoms with Crippen molar-refractivity contribution in [3.63, 3.8) is 0 Å². The Labute approximate surface area is 186 Å². The second-order valence-electron chi connectivity index (χ2n) is 7.38. The van der Waals surface area contributed by atoms with Crippen molar-refractivity contribution in [3.8, 4) is 28.7 Å². The van der Waals surface area contributed by atoms with E-state index in [-0.39, 0.29) is 29.9 Å². The van der Waals surface area contributed by atoms with E-state index in [1.54, 1.807) is 22.9 Å². The van der Waals surface area contributed by atoms with Crippen molar-refractivity contribution in [2.75, 3.05) is 5.32 Å². The van der Waals surface area contributed by atoms with E-state index in [0.717, 1.165) is 16.8 Å². The van der Waals surface area contributed by atoms with Crippen LogP contribution in [0, 0.1) is 13.8 Å². The van der Waals surface area contributed by atoms with Crippen molar-refractivity contribution in [1.29, 1.82) is 0 Å². The minimum atomic E-state index is -4.77. The zero-order valence-electron chi connectivity index (χ0n) is 17.7. The summed E-state index contributed by atoms with van der Waals surface area (Å²) in [6, 6.07) is 14.4. The maximum atomic E-state index is 12.6. The number of ether oxygens (including phenoxy) is 1. The zero-order chi connectivity index (χ0) is 23.6. The molecule has 0 saturated heterocycles. The third kappa shape index (κ3) is 5.40. The molecule has 0 aliphatic carbocycles. The van der Waals surface area contributed by atoms with E-state index < -0.39 is 6.36 Å². The number of nitrogens with zero attached hydrogens (tertiary/aromatic N) is 3. The number of nitrogens with one attached hydrogen (secondary N) is 1. The molecule has 1 amide bonds. The van der Waals surface area contributed by atoms with Gasteiger partial charge in [0, 0.05) is 17.4 Å². The molecule has 10 heteroatoms. The smallest absolute Gasteiger partial charge is 0.406 e. The van der Waals surface area contributed by atoms with Gasteiger partial charge in [-0.3, -0.25) is 4.79 Å². The molecule has 0 bridgehead atoms. The van der Waals surface area contributed by atoms with E-state index in [2.05, 4.69) is 20.2 Å². The molecule has 4 rings (SSSR count). The van der Waals surface area contributed by atoms with Crippen LogP contribution in [0.4, 0.5) is 18.9 Å². The van der Waals surface area contributed by atoms with Gasteiger partial charge in [0.25, 0.3) is 5.89 Å². The molecule has 0 unspecified atom stereocenters. The molecule has 2 aromatic heterocycles. The van der Waals surface area contributed by atoms with Gasteiger partial charge in [-0.1, -0.05) is 22.9 Å². The minimum Gasteiger partial charge on any atom is -0.406 e. The molecule has 0 aliphatic heterocycles. The molecule has 0 aliphatic rings. The molecule has 7 nitrogen and oxygen atoms in total. The summed E-state index contributed by atoms with van der Waals surface area (Å²) < 4.78 is 47.8. The van der Waals surface area contributed by atoms with Gasteiger partial charge in [-0.05, 0) is 61.9 Å². The van der Waals surface area contributed by atoms with Gasteiger partial charge in [-0.15, -0.1) is 13.2 Å². The number of amides is 1. The number of halogens is 3. The predicted molar refractivity (Wildman–Crippen MR) is 114 cm³/mol. The molecule has 0 spiro atoms. The van der Waals surface area contributed by atoms with E-state index in [0.29, 0.717) is 11.3 Å². The van der Waals surface area contributed by atoms with E-state index in [1.165, 1.54) is 24.3 Å². The van der Waals surface area contributed by atoms with E-state index in [1.807, 2.05) is 32.0 Å². The first-order valence-corrected chi connectivity index (χ1v) is 9.90. The summed E-state index contributed by atoms with van der Waals surface area (Å²) in [5, 5.41) is 6.78. The van der Waals surface area contributed by atoms with Crippen molar-refractivity contribution >= 4 is 11.6 Å². The lowest BCUT2D eigenvalue weighted by Crippen LogP contribution is -2.19. The highest BCUT2D eigenvalue weighted by Crippen LogP contribution is 2.27. The normalized spacial score (nSPS) is 11.4. The number of aromatic nitrogens is 3. The zero-order valence-corrected chi connectivity index (χ0v) is 17.7. The van der Waals surface area contributed by atoms with E-state index >= 15 is 0 Å². The number of carbonyl (C=O) groups excluding carboxylic acids is 1. The Hall–Kier alpha value is -4.08. The number of hydrogen-bond acceptors (Lipinski definition) is 5. The largest absolute Gasteiger partial charge is 0.573 e. The van der Waals surface area contributed by atoms with Gasteiger partial charge >= 0.3 is 6.36 Å². The van der Waals surface area contributed by atoms with E-state index in [4.69, 9.17) is 4.52 Å². The number of alkyl halides is 3. The van der Waals surface area contributed by atoms with Crippen LogP contribution in [-0.4, -0.2) is 27.0 Å². The topological polar surface area (TPSA) is 82.2 Å². The Morgan fingerprint density at radius 3 is 2.58 bits per heavy atom. The van der Waals surface area contributed by atoms with Gasteiger partial charge in [0.05, 0.1) is 0 Å². The third-order valence-electron chi connectivity index (χ3n) is 4.79. The van der Waals surface area contributed by atoms with Crippen molar-refractivity contribution < 1.29 is 27.2 Å². The summed E-state index contributed by atoms with van der Waals surface area (Å²) in [5.74, 6) is -0.209. The van der Waals surface area contributed by atoms with Crippen LogP contribution in [0.1, 0.15) is 11.1 Å². The summed E-state index contributed by atoms with van der Waals surface area (Å²) in [4.78, 5) is 16.9. The lowest BCUT2D eigenvalue weighted by molar-refractivity contribution is -0.274.